The molecule has 0 saturated heterocycles. The monoisotopic (exact) mass is 237 g/mol. The summed E-state index contributed by atoms with van der Waals surface area (Å²) in [6.07, 6.45) is 3.15. The Balaban J connectivity index is 2.24. The molecule has 0 radical (unpaired) electrons. The van der Waals surface area contributed by atoms with Crippen LogP contribution in [0.25, 0.3) is 0 Å². The number of nitrogens with zero attached hydrogens (tertiary/aromatic N) is 2. The minimum Gasteiger partial charge on any atom is -0.339 e. The molecule has 1 aliphatic carbocycles. The van der Waals surface area contributed by atoms with E-state index in [2.05, 4.69) is 24.0 Å². The normalized spacial score (nSPS) is 34.2. The van der Waals surface area contributed by atoms with Crippen molar-refractivity contribution in [3.05, 3.63) is 11.7 Å². The fourth-order valence-corrected chi connectivity index (χ4v) is 3.04. The van der Waals surface area contributed by atoms with Gasteiger partial charge in [0.1, 0.15) is 0 Å². The third-order valence-corrected chi connectivity index (χ3v) is 3.61. The van der Waals surface area contributed by atoms with Gasteiger partial charge >= 0.3 is 0 Å². The van der Waals surface area contributed by atoms with Gasteiger partial charge in [-0.3, -0.25) is 0 Å². The first kappa shape index (κ1) is 12.6. The topological polar surface area (TPSA) is 64.9 Å². The quantitative estimate of drug-likeness (QED) is 0.859. The smallest absolute Gasteiger partial charge is 0.229 e. The van der Waals surface area contributed by atoms with Crippen LogP contribution in [0, 0.1) is 11.8 Å². The van der Waals surface area contributed by atoms with Crippen molar-refractivity contribution in [2.75, 3.05) is 0 Å². The molecule has 17 heavy (non-hydrogen) atoms. The Morgan fingerprint density at radius 3 is 2.35 bits per heavy atom. The first-order valence-corrected chi connectivity index (χ1v) is 6.53. The van der Waals surface area contributed by atoms with Crippen LogP contribution >= 0.6 is 0 Å². The lowest BCUT2D eigenvalue weighted by Gasteiger charge is -2.37. The summed E-state index contributed by atoms with van der Waals surface area (Å²) in [5, 5.41) is 4.09. The second kappa shape index (κ2) is 4.41. The molecular weight excluding hydrogens is 214 g/mol. The molecule has 0 aliphatic heterocycles. The molecule has 96 valence electrons. The van der Waals surface area contributed by atoms with Crippen molar-refractivity contribution in [2.24, 2.45) is 17.6 Å². The lowest BCUT2D eigenvalue weighted by Crippen LogP contribution is -2.44. The van der Waals surface area contributed by atoms with Crippen LogP contribution in [0.4, 0.5) is 0 Å². The Labute approximate surface area is 103 Å². The van der Waals surface area contributed by atoms with E-state index in [1.54, 1.807) is 0 Å². The van der Waals surface area contributed by atoms with E-state index in [9.17, 15) is 0 Å². The predicted molar refractivity (Wildman–Crippen MR) is 66.4 cm³/mol. The Bertz CT molecular complexity index is 376. The van der Waals surface area contributed by atoms with E-state index in [1.165, 1.54) is 6.42 Å². The van der Waals surface area contributed by atoms with Crippen LogP contribution in [0.2, 0.25) is 0 Å². The maximum absolute atomic E-state index is 6.49. The summed E-state index contributed by atoms with van der Waals surface area (Å²) in [5.41, 5.74) is 6.09. The molecule has 2 N–H and O–H groups in total. The molecule has 1 aromatic heterocycles. The van der Waals surface area contributed by atoms with Crippen molar-refractivity contribution in [3.63, 3.8) is 0 Å². The van der Waals surface area contributed by atoms with Crippen molar-refractivity contribution in [1.82, 2.24) is 10.1 Å². The Morgan fingerprint density at radius 2 is 1.88 bits per heavy atom. The average molecular weight is 237 g/mol. The van der Waals surface area contributed by atoms with Crippen LogP contribution in [-0.2, 0) is 5.54 Å². The molecule has 0 amide bonds. The van der Waals surface area contributed by atoms with E-state index in [-0.39, 0.29) is 5.92 Å². The summed E-state index contributed by atoms with van der Waals surface area (Å²) in [6.45, 7) is 8.60. The molecule has 2 atom stereocenters. The second-order valence-corrected chi connectivity index (χ2v) is 6.12. The first-order valence-electron chi connectivity index (χ1n) is 6.53. The summed E-state index contributed by atoms with van der Waals surface area (Å²) in [4.78, 5) is 4.47. The summed E-state index contributed by atoms with van der Waals surface area (Å²) < 4.78 is 5.27. The molecule has 0 aromatic carbocycles. The van der Waals surface area contributed by atoms with E-state index < -0.39 is 5.54 Å². The zero-order chi connectivity index (χ0) is 12.6. The molecule has 1 saturated carbocycles. The van der Waals surface area contributed by atoms with E-state index in [0.29, 0.717) is 23.6 Å². The van der Waals surface area contributed by atoms with Gasteiger partial charge in [-0.25, -0.2) is 0 Å². The van der Waals surface area contributed by atoms with Gasteiger partial charge in [0.2, 0.25) is 5.89 Å². The molecule has 1 heterocycles. The second-order valence-electron chi connectivity index (χ2n) is 6.12. The Kier molecular flexibility index (Phi) is 3.25. The predicted octanol–water partition coefficient (Wildman–Crippen LogP) is 2.80. The minimum absolute atomic E-state index is 0.262. The highest BCUT2D eigenvalue weighted by molar-refractivity contribution is 5.08. The van der Waals surface area contributed by atoms with Crippen LogP contribution in [0.15, 0.2) is 4.52 Å². The molecule has 1 aromatic rings. The van der Waals surface area contributed by atoms with Gasteiger partial charge in [-0.2, -0.15) is 4.98 Å². The van der Waals surface area contributed by atoms with Gasteiger partial charge in [-0.15, -0.1) is 0 Å². The largest absolute Gasteiger partial charge is 0.339 e. The first-order chi connectivity index (χ1) is 7.90. The van der Waals surface area contributed by atoms with Crippen LogP contribution < -0.4 is 5.73 Å². The third-order valence-electron chi connectivity index (χ3n) is 3.61. The van der Waals surface area contributed by atoms with Crippen LogP contribution in [0.3, 0.4) is 0 Å². The van der Waals surface area contributed by atoms with Crippen molar-refractivity contribution >= 4 is 0 Å². The van der Waals surface area contributed by atoms with Gasteiger partial charge in [0, 0.05) is 5.92 Å². The fourth-order valence-electron chi connectivity index (χ4n) is 3.04. The molecule has 4 nitrogen and oxygen atoms in total. The number of aromatic nitrogens is 2. The zero-order valence-electron chi connectivity index (χ0n) is 11.2. The fraction of sp³-hybridized carbons (Fsp3) is 0.846. The minimum atomic E-state index is -0.395. The zero-order valence-corrected chi connectivity index (χ0v) is 11.2. The lowest BCUT2D eigenvalue weighted by atomic mass is 9.72. The molecule has 2 rings (SSSR count). The molecular formula is C13H23N3O. The number of hydrogen-bond acceptors (Lipinski definition) is 4. The van der Waals surface area contributed by atoms with Gasteiger partial charge in [0.25, 0.3) is 0 Å². The molecule has 4 heteroatoms. The van der Waals surface area contributed by atoms with Crippen molar-refractivity contribution in [3.8, 4) is 0 Å². The van der Waals surface area contributed by atoms with Crippen molar-refractivity contribution in [2.45, 2.75) is 58.4 Å². The molecule has 0 spiro atoms. The summed E-state index contributed by atoms with van der Waals surface area (Å²) >= 11 is 0. The SMILES string of the molecule is CC1CC(C)CC(N)(c2noc(C(C)C)n2)C1. The van der Waals surface area contributed by atoms with Gasteiger partial charge in [-0.1, -0.05) is 32.9 Å². The van der Waals surface area contributed by atoms with Crippen LogP contribution in [0.1, 0.15) is 64.6 Å². The van der Waals surface area contributed by atoms with E-state index in [0.717, 1.165) is 12.8 Å². The van der Waals surface area contributed by atoms with Crippen molar-refractivity contribution in [1.29, 1.82) is 0 Å². The van der Waals surface area contributed by atoms with Crippen LogP contribution in [-0.4, -0.2) is 10.1 Å². The summed E-state index contributed by atoms with van der Waals surface area (Å²) in [7, 11) is 0. The Morgan fingerprint density at radius 1 is 1.29 bits per heavy atom. The molecule has 1 fully saturated rings. The van der Waals surface area contributed by atoms with Gasteiger partial charge in [0.05, 0.1) is 5.54 Å². The standard InChI is InChI=1S/C13H23N3O/c1-8(2)11-15-12(16-17-11)13(14)6-9(3)5-10(4)7-13/h8-10H,5-7,14H2,1-4H3. The highest BCUT2D eigenvalue weighted by Gasteiger charge is 2.39. The molecule has 2 unspecified atom stereocenters. The van der Waals surface area contributed by atoms with E-state index in [4.69, 9.17) is 10.3 Å². The highest BCUT2D eigenvalue weighted by atomic mass is 16.5. The van der Waals surface area contributed by atoms with Crippen molar-refractivity contribution < 1.29 is 4.52 Å². The van der Waals surface area contributed by atoms with Gasteiger partial charge < -0.3 is 10.3 Å². The average Bonchev–Trinajstić information content (AvgIpc) is 2.63. The molecule has 0 bridgehead atoms. The van der Waals surface area contributed by atoms with E-state index in [1.807, 2.05) is 13.8 Å². The summed E-state index contributed by atoms with van der Waals surface area (Å²) in [6, 6.07) is 0. The lowest BCUT2D eigenvalue weighted by molar-refractivity contribution is 0.171. The molecule has 1 aliphatic rings. The van der Waals surface area contributed by atoms with Crippen LogP contribution in [0.5, 0.6) is 0 Å². The number of rotatable bonds is 2. The highest BCUT2D eigenvalue weighted by Crippen LogP contribution is 2.39. The maximum atomic E-state index is 6.49. The Hall–Kier alpha value is -0.900. The van der Waals surface area contributed by atoms with Gasteiger partial charge in [-0.05, 0) is 31.1 Å². The van der Waals surface area contributed by atoms with Gasteiger partial charge in [0.15, 0.2) is 5.82 Å². The number of nitrogens with two attached hydrogens (primary N) is 1. The van der Waals surface area contributed by atoms with E-state index >= 15 is 0 Å². The maximum Gasteiger partial charge on any atom is 0.229 e. The third kappa shape index (κ3) is 2.51. The number of hydrogen-bond donors (Lipinski definition) is 1. The summed E-state index contributed by atoms with van der Waals surface area (Å²) in [5.74, 6) is 2.91.